The molecule has 5 nitrogen and oxygen atoms in total. The van der Waals surface area contributed by atoms with Crippen molar-refractivity contribution >= 4 is 33.2 Å². The van der Waals surface area contributed by atoms with Crippen molar-refractivity contribution in [2.45, 2.75) is 11.4 Å². The van der Waals surface area contributed by atoms with Gasteiger partial charge in [-0.3, -0.25) is 0 Å². The summed E-state index contributed by atoms with van der Waals surface area (Å²) >= 11 is 11.9. The highest BCUT2D eigenvalue weighted by Gasteiger charge is 2.19. The zero-order valence-electron chi connectivity index (χ0n) is 11.9. The Morgan fingerprint density at radius 2 is 1.74 bits per heavy atom. The van der Waals surface area contributed by atoms with E-state index in [4.69, 9.17) is 32.7 Å². The Hall–Kier alpha value is -1.47. The third kappa shape index (κ3) is 3.72. The smallest absolute Gasteiger partial charge is 0.241 e. The minimum Gasteiger partial charge on any atom is -0.486 e. The Labute approximate surface area is 144 Å². The number of nitrogens with one attached hydrogen (secondary N) is 1. The molecule has 0 fully saturated rings. The predicted molar refractivity (Wildman–Crippen MR) is 87.9 cm³/mol. The van der Waals surface area contributed by atoms with Crippen molar-refractivity contribution in [1.29, 1.82) is 0 Å². The van der Waals surface area contributed by atoms with Crippen molar-refractivity contribution < 1.29 is 17.9 Å². The summed E-state index contributed by atoms with van der Waals surface area (Å²) in [6.45, 7) is 0.906. The fourth-order valence-corrected chi connectivity index (χ4v) is 3.61. The summed E-state index contributed by atoms with van der Waals surface area (Å²) in [7, 11) is -3.70. The first-order chi connectivity index (χ1) is 11.0. The first-order valence-electron chi connectivity index (χ1n) is 6.79. The zero-order chi connectivity index (χ0) is 16.4. The third-order valence-corrected chi connectivity index (χ3v) is 5.28. The minimum absolute atomic E-state index is 0.0623. The fraction of sp³-hybridized carbons (Fsp3) is 0.200. The lowest BCUT2D eigenvalue weighted by Gasteiger charge is -2.19. The van der Waals surface area contributed by atoms with E-state index in [2.05, 4.69) is 4.72 Å². The zero-order valence-corrected chi connectivity index (χ0v) is 14.2. The van der Waals surface area contributed by atoms with Gasteiger partial charge in [0.05, 0.1) is 4.90 Å². The number of ether oxygens (including phenoxy) is 2. The monoisotopic (exact) mass is 373 g/mol. The standard InChI is InChI=1S/C15H13Cl2NO4S/c16-11-2-1-10(13(17)7-11)9-18-23(19,20)12-3-4-14-15(8-12)22-6-5-21-14/h1-4,7-8,18H,5-6,9H2. The van der Waals surface area contributed by atoms with Gasteiger partial charge >= 0.3 is 0 Å². The summed E-state index contributed by atoms with van der Waals surface area (Å²) in [5.41, 5.74) is 0.636. The Kier molecular flexibility index (Phi) is 4.68. The number of fused-ring (bicyclic) bond motifs is 1. The van der Waals surface area contributed by atoms with Crippen LogP contribution in [0, 0.1) is 0 Å². The van der Waals surface area contributed by atoms with E-state index in [-0.39, 0.29) is 11.4 Å². The Morgan fingerprint density at radius 1 is 1.00 bits per heavy atom. The molecule has 0 unspecified atom stereocenters. The molecule has 0 amide bonds. The molecule has 0 saturated carbocycles. The molecule has 23 heavy (non-hydrogen) atoms. The van der Waals surface area contributed by atoms with Crippen molar-refractivity contribution in [1.82, 2.24) is 4.72 Å². The van der Waals surface area contributed by atoms with E-state index < -0.39 is 10.0 Å². The molecule has 2 aromatic carbocycles. The average Bonchev–Trinajstić information content (AvgIpc) is 2.53. The first-order valence-corrected chi connectivity index (χ1v) is 9.03. The van der Waals surface area contributed by atoms with Crippen LogP contribution in [-0.2, 0) is 16.6 Å². The van der Waals surface area contributed by atoms with Crippen molar-refractivity contribution in [3.05, 3.63) is 52.0 Å². The van der Waals surface area contributed by atoms with Gasteiger partial charge < -0.3 is 9.47 Å². The van der Waals surface area contributed by atoms with Gasteiger partial charge in [-0.2, -0.15) is 0 Å². The lowest BCUT2D eigenvalue weighted by Crippen LogP contribution is -2.24. The number of hydrogen-bond acceptors (Lipinski definition) is 4. The van der Waals surface area contributed by atoms with E-state index in [1.807, 2.05) is 0 Å². The van der Waals surface area contributed by atoms with Crippen LogP contribution >= 0.6 is 23.2 Å². The lowest BCUT2D eigenvalue weighted by molar-refractivity contribution is 0.171. The maximum atomic E-state index is 12.4. The normalized spacial score (nSPS) is 13.8. The van der Waals surface area contributed by atoms with Crippen LogP contribution in [0.2, 0.25) is 10.0 Å². The molecule has 0 radical (unpaired) electrons. The predicted octanol–water partition coefficient (Wildman–Crippen LogP) is 3.24. The van der Waals surface area contributed by atoms with Gasteiger partial charge in [0, 0.05) is 22.7 Å². The first kappa shape index (κ1) is 16.4. The molecule has 0 aromatic heterocycles. The number of benzene rings is 2. The van der Waals surface area contributed by atoms with Crippen LogP contribution in [0.25, 0.3) is 0 Å². The summed E-state index contributed by atoms with van der Waals surface area (Å²) in [6.07, 6.45) is 0. The van der Waals surface area contributed by atoms with E-state index in [1.54, 1.807) is 24.3 Å². The van der Waals surface area contributed by atoms with Crippen LogP contribution in [0.3, 0.4) is 0 Å². The SMILES string of the molecule is O=S(=O)(NCc1ccc(Cl)cc1Cl)c1ccc2c(c1)OCCO2. The maximum absolute atomic E-state index is 12.4. The van der Waals surface area contributed by atoms with Crippen LogP contribution in [0.4, 0.5) is 0 Å². The molecule has 3 rings (SSSR count). The second-order valence-electron chi connectivity index (χ2n) is 4.87. The summed E-state index contributed by atoms with van der Waals surface area (Å²) in [5.74, 6) is 0.958. The van der Waals surface area contributed by atoms with E-state index in [0.29, 0.717) is 40.3 Å². The fourth-order valence-electron chi connectivity index (χ4n) is 2.11. The van der Waals surface area contributed by atoms with Crippen molar-refractivity contribution in [3.8, 4) is 11.5 Å². The molecule has 1 aliphatic rings. The van der Waals surface area contributed by atoms with E-state index in [1.165, 1.54) is 12.1 Å². The number of sulfonamides is 1. The van der Waals surface area contributed by atoms with Crippen molar-refractivity contribution in [2.75, 3.05) is 13.2 Å². The maximum Gasteiger partial charge on any atom is 0.241 e. The molecule has 0 saturated heterocycles. The topological polar surface area (TPSA) is 64.6 Å². The summed E-state index contributed by atoms with van der Waals surface area (Å²) in [5, 5.41) is 0.899. The molecule has 1 heterocycles. The molecule has 122 valence electrons. The van der Waals surface area contributed by atoms with Crippen molar-refractivity contribution in [3.63, 3.8) is 0 Å². The molecule has 0 bridgehead atoms. The van der Waals surface area contributed by atoms with Gasteiger partial charge in [0.15, 0.2) is 11.5 Å². The van der Waals surface area contributed by atoms with Gasteiger partial charge in [0.2, 0.25) is 10.0 Å². The van der Waals surface area contributed by atoms with Crippen molar-refractivity contribution in [2.24, 2.45) is 0 Å². The summed E-state index contributed by atoms with van der Waals surface area (Å²) in [4.78, 5) is 0.104. The van der Waals surface area contributed by atoms with Crippen LogP contribution in [0.5, 0.6) is 11.5 Å². The van der Waals surface area contributed by atoms with Crippen LogP contribution in [0.1, 0.15) is 5.56 Å². The third-order valence-electron chi connectivity index (χ3n) is 3.29. The highest BCUT2D eigenvalue weighted by molar-refractivity contribution is 7.89. The van der Waals surface area contributed by atoms with Crippen LogP contribution in [0.15, 0.2) is 41.3 Å². The minimum atomic E-state index is -3.70. The van der Waals surface area contributed by atoms with Crippen LogP contribution in [-0.4, -0.2) is 21.6 Å². The molecule has 1 aliphatic heterocycles. The Morgan fingerprint density at radius 3 is 2.48 bits per heavy atom. The van der Waals surface area contributed by atoms with Gasteiger partial charge in [-0.25, -0.2) is 13.1 Å². The Bertz CT molecular complexity index is 839. The molecule has 8 heteroatoms. The number of hydrogen-bond donors (Lipinski definition) is 1. The van der Waals surface area contributed by atoms with E-state index in [0.717, 1.165) is 0 Å². The van der Waals surface area contributed by atoms with Gasteiger partial charge in [-0.05, 0) is 29.8 Å². The molecular weight excluding hydrogens is 361 g/mol. The number of halogens is 2. The quantitative estimate of drug-likeness (QED) is 0.893. The highest BCUT2D eigenvalue weighted by Crippen LogP contribution is 2.32. The molecule has 1 N–H and O–H groups in total. The lowest BCUT2D eigenvalue weighted by atomic mass is 10.2. The largest absolute Gasteiger partial charge is 0.486 e. The highest BCUT2D eigenvalue weighted by atomic mass is 35.5. The van der Waals surface area contributed by atoms with Gasteiger partial charge in [-0.1, -0.05) is 29.3 Å². The second-order valence-corrected chi connectivity index (χ2v) is 7.48. The summed E-state index contributed by atoms with van der Waals surface area (Å²) < 4.78 is 38.1. The summed E-state index contributed by atoms with van der Waals surface area (Å²) in [6, 6.07) is 9.40. The molecule has 0 spiro atoms. The Balaban J connectivity index is 1.79. The number of rotatable bonds is 4. The van der Waals surface area contributed by atoms with Gasteiger partial charge in [0.1, 0.15) is 13.2 Å². The molecule has 2 aromatic rings. The van der Waals surface area contributed by atoms with Crippen LogP contribution < -0.4 is 14.2 Å². The molecule has 0 aliphatic carbocycles. The van der Waals surface area contributed by atoms with Gasteiger partial charge in [0.25, 0.3) is 0 Å². The van der Waals surface area contributed by atoms with E-state index >= 15 is 0 Å². The van der Waals surface area contributed by atoms with E-state index in [9.17, 15) is 8.42 Å². The molecular formula is C15H13Cl2NO4S. The second kappa shape index (κ2) is 6.57. The van der Waals surface area contributed by atoms with Gasteiger partial charge in [-0.15, -0.1) is 0 Å². The average molecular weight is 374 g/mol. The molecule has 0 atom stereocenters.